The van der Waals surface area contributed by atoms with Gasteiger partial charge in [-0.15, -0.1) is 12.4 Å². The molecule has 0 saturated heterocycles. The van der Waals surface area contributed by atoms with E-state index in [1.807, 2.05) is 13.8 Å². The minimum atomic E-state index is -0.442. The van der Waals surface area contributed by atoms with Crippen molar-refractivity contribution in [2.75, 3.05) is 13.2 Å². The van der Waals surface area contributed by atoms with Crippen LogP contribution in [0.4, 0.5) is 4.39 Å². The Balaban J connectivity index is 0.00000324. The molecule has 0 saturated carbocycles. The van der Waals surface area contributed by atoms with Gasteiger partial charge in [-0.2, -0.15) is 0 Å². The Kier molecular flexibility index (Phi) is 7.41. The molecule has 0 atom stereocenters. The zero-order valence-corrected chi connectivity index (χ0v) is 11.9. The fraction of sp³-hybridized carbons (Fsp3) is 0.462. The molecule has 1 aromatic carbocycles. The molecule has 4 nitrogen and oxygen atoms in total. The zero-order chi connectivity index (χ0) is 13.6. The van der Waals surface area contributed by atoms with Crippen LogP contribution < -0.4 is 15.8 Å². The van der Waals surface area contributed by atoms with Crippen molar-refractivity contribution in [3.63, 3.8) is 0 Å². The van der Waals surface area contributed by atoms with Crippen molar-refractivity contribution in [3.05, 3.63) is 30.1 Å². The first-order chi connectivity index (χ1) is 8.38. The molecule has 0 heterocycles. The maximum Gasteiger partial charge on any atom is 0.223 e. The third-order valence-corrected chi connectivity index (χ3v) is 2.16. The van der Waals surface area contributed by atoms with Crippen molar-refractivity contribution in [1.82, 2.24) is 5.32 Å². The number of benzene rings is 1. The summed E-state index contributed by atoms with van der Waals surface area (Å²) >= 11 is 0. The Bertz CT molecular complexity index is 408. The molecule has 19 heavy (non-hydrogen) atoms. The van der Waals surface area contributed by atoms with E-state index in [1.54, 1.807) is 12.1 Å². The second-order valence-corrected chi connectivity index (χ2v) is 4.79. The minimum Gasteiger partial charge on any atom is -0.490 e. The molecule has 1 aromatic rings. The van der Waals surface area contributed by atoms with Crippen LogP contribution in [0.3, 0.4) is 0 Å². The standard InChI is InChI=1S/C13H19FN2O2.ClH/c1-13(2,15)9-16-12(17)7-8-18-11-6-4-3-5-10(11)14;/h3-6H,7-9,15H2,1-2H3,(H,16,17);1H. The van der Waals surface area contributed by atoms with Crippen molar-refractivity contribution >= 4 is 18.3 Å². The SMILES string of the molecule is CC(C)(N)CNC(=O)CCOc1ccccc1F.Cl. The third kappa shape index (κ3) is 7.64. The summed E-state index contributed by atoms with van der Waals surface area (Å²) in [6.07, 6.45) is 0.171. The summed E-state index contributed by atoms with van der Waals surface area (Å²) in [6.45, 7) is 4.18. The lowest BCUT2D eigenvalue weighted by Crippen LogP contribution is -2.45. The van der Waals surface area contributed by atoms with Gasteiger partial charge in [0.1, 0.15) is 0 Å². The highest BCUT2D eigenvalue weighted by molar-refractivity contribution is 5.85. The van der Waals surface area contributed by atoms with E-state index in [-0.39, 0.29) is 37.1 Å². The summed E-state index contributed by atoms with van der Waals surface area (Å²) in [7, 11) is 0. The average Bonchev–Trinajstić information content (AvgIpc) is 2.28. The number of halogens is 2. The number of carbonyl (C=O) groups is 1. The number of ether oxygens (including phenoxy) is 1. The maximum atomic E-state index is 13.2. The lowest BCUT2D eigenvalue weighted by atomic mass is 10.1. The van der Waals surface area contributed by atoms with Crippen LogP contribution in [0.2, 0.25) is 0 Å². The number of amides is 1. The third-order valence-electron chi connectivity index (χ3n) is 2.16. The van der Waals surface area contributed by atoms with Gasteiger partial charge in [0.2, 0.25) is 5.91 Å². The molecule has 3 N–H and O–H groups in total. The van der Waals surface area contributed by atoms with Gasteiger partial charge >= 0.3 is 0 Å². The van der Waals surface area contributed by atoms with Gasteiger partial charge < -0.3 is 15.8 Å². The van der Waals surface area contributed by atoms with Crippen LogP contribution in [0.5, 0.6) is 5.75 Å². The Morgan fingerprint density at radius 3 is 2.63 bits per heavy atom. The smallest absolute Gasteiger partial charge is 0.223 e. The summed E-state index contributed by atoms with van der Waals surface area (Å²) in [5.74, 6) is -0.435. The second-order valence-electron chi connectivity index (χ2n) is 4.79. The van der Waals surface area contributed by atoms with E-state index >= 15 is 0 Å². The monoisotopic (exact) mass is 290 g/mol. The fourth-order valence-electron chi connectivity index (χ4n) is 1.23. The van der Waals surface area contributed by atoms with E-state index in [9.17, 15) is 9.18 Å². The molecule has 0 spiro atoms. The second kappa shape index (κ2) is 7.96. The van der Waals surface area contributed by atoms with Crippen LogP contribution >= 0.6 is 12.4 Å². The van der Waals surface area contributed by atoms with Crippen LogP contribution in [0, 0.1) is 5.82 Å². The summed E-state index contributed by atoms with van der Waals surface area (Å²) in [6, 6.07) is 6.09. The molecule has 1 rings (SSSR count). The van der Waals surface area contributed by atoms with Crippen LogP contribution in [-0.2, 0) is 4.79 Å². The largest absolute Gasteiger partial charge is 0.490 e. The van der Waals surface area contributed by atoms with E-state index < -0.39 is 11.4 Å². The van der Waals surface area contributed by atoms with Gasteiger partial charge in [-0.25, -0.2) is 4.39 Å². The predicted octanol–water partition coefficient (Wildman–Crippen LogP) is 1.87. The molecule has 0 aromatic heterocycles. The molecule has 0 bridgehead atoms. The molecule has 0 unspecified atom stereocenters. The molecule has 0 aliphatic rings. The summed E-state index contributed by atoms with van der Waals surface area (Å²) in [4.78, 5) is 11.4. The van der Waals surface area contributed by atoms with Gasteiger partial charge in [-0.1, -0.05) is 12.1 Å². The Labute approximate surface area is 118 Å². The van der Waals surface area contributed by atoms with Crippen molar-refractivity contribution in [3.8, 4) is 5.75 Å². The first-order valence-corrected chi connectivity index (χ1v) is 5.81. The van der Waals surface area contributed by atoms with Crippen LogP contribution in [0.25, 0.3) is 0 Å². The first kappa shape index (κ1) is 17.7. The minimum absolute atomic E-state index is 0. The number of nitrogens with two attached hydrogens (primary N) is 1. The summed E-state index contributed by atoms with van der Waals surface area (Å²) in [5, 5.41) is 2.69. The lowest BCUT2D eigenvalue weighted by Gasteiger charge is -2.18. The van der Waals surface area contributed by atoms with Gasteiger partial charge in [0.05, 0.1) is 13.0 Å². The molecule has 1 amide bonds. The predicted molar refractivity (Wildman–Crippen MR) is 75.0 cm³/mol. The normalized spacial score (nSPS) is 10.5. The molecular formula is C13H20ClFN2O2. The van der Waals surface area contributed by atoms with E-state index in [0.29, 0.717) is 6.54 Å². The fourth-order valence-corrected chi connectivity index (χ4v) is 1.23. The Morgan fingerprint density at radius 2 is 2.05 bits per heavy atom. The highest BCUT2D eigenvalue weighted by atomic mass is 35.5. The molecule has 0 fully saturated rings. The molecule has 0 aliphatic heterocycles. The zero-order valence-electron chi connectivity index (χ0n) is 11.1. The van der Waals surface area contributed by atoms with Crippen molar-refractivity contribution in [2.24, 2.45) is 5.73 Å². The topological polar surface area (TPSA) is 64.3 Å². The number of para-hydroxylation sites is 1. The highest BCUT2D eigenvalue weighted by Gasteiger charge is 2.12. The Hall–Kier alpha value is -1.33. The lowest BCUT2D eigenvalue weighted by molar-refractivity contribution is -0.121. The van der Waals surface area contributed by atoms with Crippen molar-refractivity contribution in [2.45, 2.75) is 25.8 Å². The highest BCUT2D eigenvalue weighted by Crippen LogP contribution is 2.15. The van der Waals surface area contributed by atoms with Crippen LogP contribution in [-0.4, -0.2) is 24.6 Å². The summed E-state index contributed by atoms with van der Waals surface area (Å²) < 4.78 is 18.3. The maximum absolute atomic E-state index is 13.2. The van der Waals surface area contributed by atoms with Gasteiger partial charge in [0.15, 0.2) is 11.6 Å². The van der Waals surface area contributed by atoms with Gasteiger partial charge in [0.25, 0.3) is 0 Å². The molecule has 0 radical (unpaired) electrons. The number of carbonyl (C=O) groups excluding carboxylic acids is 1. The average molecular weight is 291 g/mol. The number of hydrogen-bond donors (Lipinski definition) is 2. The van der Waals surface area contributed by atoms with E-state index in [2.05, 4.69) is 5.32 Å². The van der Waals surface area contributed by atoms with Gasteiger partial charge in [0, 0.05) is 12.1 Å². The quantitative estimate of drug-likeness (QED) is 0.841. The Morgan fingerprint density at radius 1 is 1.42 bits per heavy atom. The number of nitrogens with one attached hydrogen (secondary N) is 1. The van der Waals surface area contributed by atoms with Gasteiger partial charge in [-0.05, 0) is 26.0 Å². The molecular weight excluding hydrogens is 271 g/mol. The molecule has 0 aliphatic carbocycles. The molecule has 6 heteroatoms. The van der Waals surface area contributed by atoms with Crippen molar-refractivity contribution < 1.29 is 13.9 Å². The van der Waals surface area contributed by atoms with E-state index in [0.717, 1.165) is 0 Å². The van der Waals surface area contributed by atoms with Crippen LogP contribution in [0.1, 0.15) is 20.3 Å². The number of hydrogen-bond acceptors (Lipinski definition) is 3. The first-order valence-electron chi connectivity index (χ1n) is 5.81. The van der Waals surface area contributed by atoms with E-state index in [1.165, 1.54) is 12.1 Å². The summed E-state index contributed by atoms with van der Waals surface area (Å²) in [5.41, 5.74) is 5.29. The van der Waals surface area contributed by atoms with Crippen LogP contribution in [0.15, 0.2) is 24.3 Å². The number of rotatable bonds is 6. The van der Waals surface area contributed by atoms with Gasteiger partial charge in [-0.3, -0.25) is 4.79 Å². The van der Waals surface area contributed by atoms with E-state index in [4.69, 9.17) is 10.5 Å². The molecule has 108 valence electrons. The van der Waals surface area contributed by atoms with Crippen molar-refractivity contribution in [1.29, 1.82) is 0 Å².